The predicted molar refractivity (Wildman–Crippen MR) is 211 cm³/mol. The molecule has 3 aliphatic heterocycles. The Morgan fingerprint density at radius 3 is 2.12 bits per heavy atom. The number of rotatable bonds is 0. The summed E-state index contributed by atoms with van der Waals surface area (Å²) in [6, 6.07) is 38.6. The van der Waals surface area contributed by atoms with Gasteiger partial charge in [-0.2, -0.15) is 0 Å². The van der Waals surface area contributed by atoms with E-state index in [0.29, 0.717) is 0 Å². The second kappa shape index (κ2) is 7.77. The molecule has 11 aromatic rings. The number of para-hydroxylation sites is 4. The molecule has 51 heavy (non-hydrogen) atoms. The summed E-state index contributed by atoms with van der Waals surface area (Å²) in [5.74, 6) is 0. The maximum Gasteiger partial charge on any atom is 0.256 e. The molecule has 8 heterocycles. The molecule has 3 aliphatic rings. The number of nitrogens with zero attached hydrogens (tertiary/aromatic N) is 4. The van der Waals surface area contributed by atoms with Crippen molar-refractivity contribution in [1.29, 1.82) is 0 Å². The molecule has 0 saturated carbocycles. The lowest BCUT2D eigenvalue weighted by Crippen LogP contribution is -2.61. The summed E-state index contributed by atoms with van der Waals surface area (Å²) in [6.45, 7) is 9.44. The number of aromatic nitrogens is 4. The number of aryl methyl sites for hydroxylation is 1. The summed E-state index contributed by atoms with van der Waals surface area (Å²) in [5.41, 5.74) is 24.0. The van der Waals surface area contributed by atoms with Crippen molar-refractivity contribution in [2.24, 2.45) is 0 Å². The third-order valence-electron chi connectivity index (χ3n) is 12.8. The van der Waals surface area contributed by atoms with Crippen molar-refractivity contribution in [3.63, 3.8) is 0 Å². The molecule has 6 heteroatoms. The number of benzene rings is 6. The zero-order chi connectivity index (χ0) is 33.4. The lowest BCUT2D eigenvalue weighted by molar-refractivity contribution is 0.589. The van der Waals surface area contributed by atoms with Gasteiger partial charge in [-0.25, -0.2) is 0 Å². The van der Waals surface area contributed by atoms with Crippen LogP contribution in [0.5, 0.6) is 0 Å². The predicted octanol–water partition coefficient (Wildman–Crippen LogP) is 9.01. The third kappa shape index (κ3) is 2.51. The molecule has 0 saturated heterocycles. The van der Waals surface area contributed by atoms with Crippen LogP contribution in [-0.4, -0.2) is 24.6 Å². The topological polar surface area (TPSA) is 31.8 Å². The number of imidazole rings is 2. The first kappa shape index (κ1) is 25.8. The normalized spacial score (nSPS) is 14.2. The molecule has 238 valence electrons. The van der Waals surface area contributed by atoms with E-state index in [-0.39, 0.29) is 12.1 Å². The fraction of sp³-hybridized carbons (Fsp3) is 0.111. The summed E-state index contributed by atoms with van der Waals surface area (Å²) in [5, 5.41) is 5.06. The largest absolute Gasteiger partial charge is 0.454 e. The van der Waals surface area contributed by atoms with Gasteiger partial charge in [-0.1, -0.05) is 81.4 Å². The Labute approximate surface area is 291 Å². The highest BCUT2D eigenvalue weighted by molar-refractivity contribution is 7.03. The van der Waals surface area contributed by atoms with E-state index in [1.54, 1.807) is 0 Å². The summed E-state index contributed by atoms with van der Waals surface area (Å²) in [7, 11) is 0. The van der Waals surface area contributed by atoms with Crippen LogP contribution in [0, 0.1) is 6.92 Å². The highest BCUT2D eigenvalue weighted by Crippen LogP contribution is 2.50. The van der Waals surface area contributed by atoms with E-state index in [2.05, 4.69) is 149 Å². The van der Waals surface area contributed by atoms with Gasteiger partial charge in [-0.05, 0) is 87.9 Å². The van der Waals surface area contributed by atoms with Crippen LogP contribution in [0.4, 0.5) is 0 Å². The van der Waals surface area contributed by atoms with Gasteiger partial charge in [0.15, 0.2) is 5.58 Å². The number of hydrogen-bond donors (Lipinski definition) is 0. The minimum absolute atomic E-state index is 0.0596. The molecule has 0 N–H and O–H groups in total. The van der Waals surface area contributed by atoms with Gasteiger partial charge >= 0.3 is 0 Å². The highest BCUT2D eigenvalue weighted by Gasteiger charge is 2.49. The SMILES string of the molecule is Cc1c2ccccc2n2c3c4oc5ccccc5c4c4c5c3n(c12)-c1cc(C(C)(C)C)cc2c1B5c1c3c-4cccc3n3c4ccccc4n-2c13. The summed E-state index contributed by atoms with van der Waals surface area (Å²) >= 11 is 0. The molecule has 0 unspecified atom stereocenters. The molecular weight excluding hydrogens is 623 g/mol. The quantitative estimate of drug-likeness (QED) is 0.151. The third-order valence-corrected chi connectivity index (χ3v) is 12.8. The molecule has 0 radical (unpaired) electrons. The Balaban J connectivity index is 1.39. The molecule has 0 fully saturated rings. The van der Waals surface area contributed by atoms with Crippen molar-refractivity contribution in [3.8, 4) is 22.5 Å². The Morgan fingerprint density at radius 2 is 1.29 bits per heavy atom. The lowest BCUT2D eigenvalue weighted by atomic mass is 9.32. The molecule has 0 bridgehead atoms. The van der Waals surface area contributed by atoms with Gasteiger partial charge in [0.1, 0.15) is 22.4 Å². The second-order valence-corrected chi connectivity index (χ2v) is 16.1. The molecular formula is C45H29BN4O. The maximum absolute atomic E-state index is 7.09. The van der Waals surface area contributed by atoms with Crippen LogP contribution in [0.2, 0.25) is 0 Å². The van der Waals surface area contributed by atoms with E-state index >= 15 is 0 Å². The van der Waals surface area contributed by atoms with Crippen LogP contribution in [0.25, 0.3) is 99.6 Å². The van der Waals surface area contributed by atoms with Gasteiger partial charge in [0.2, 0.25) is 0 Å². The zero-order valence-electron chi connectivity index (χ0n) is 28.6. The van der Waals surface area contributed by atoms with E-state index in [1.165, 1.54) is 116 Å². The Kier molecular flexibility index (Phi) is 3.93. The van der Waals surface area contributed by atoms with E-state index in [0.717, 1.165) is 11.2 Å². The van der Waals surface area contributed by atoms with Gasteiger partial charge in [-0.3, -0.25) is 17.9 Å². The van der Waals surface area contributed by atoms with Gasteiger partial charge in [0.05, 0.1) is 27.6 Å². The van der Waals surface area contributed by atoms with Gasteiger partial charge in [-0.15, -0.1) is 0 Å². The molecule has 0 aliphatic carbocycles. The summed E-state index contributed by atoms with van der Waals surface area (Å²) in [6.07, 6.45) is 0. The van der Waals surface area contributed by atoms with Crippen LogP contribution >= 0.6 is 0 Å². The lowest BCUT2D eigenvalue weighted by Gasteiger charge is -2.37. The average Bonchev–Trinajstić information content (AvgIpc) is 3.93. The molecule has 0 atom stereocenters. The van der Waals surface area contributed by atoms with Crippen molar-refractivity contribution in [1.82, 2.24) is 17.9 Å². The first-order valence-corrected chi connectivity index (χ1v) is 18.1. The standard InChI is InChI=1S/C45H29BN4O/c1-22-24-12-5-7-15-27(24)49-41-40-38-35(36-25-13-6-10-19-33(25)51-42(36)41)26-14-11-18-30-34(26)39-44-47(30)28-16-8-9-17-29(28)48(44)31-20-23(45(2,3)4)21-32(37(31)46(38)39)50(40)43(22)49/h5-21H,1-4H3. The van der Waals surface area contributed by atoms with Crippen LogP contribution < -0.4 is 16.4 Å². The smallest absolute Gasteiger partial charge is 0.256 e. The molecule has 5 nitrogen and oxygen atoms in total. The molecule has 5 aromatic heterocycles. The highest BCUT2D eigenvalue weighted by atomic mass is 16.3. The van der Waals surface area contributed by atoms with Crippen LogP contribution in [0.3, 0.4) is 0 Å². The van der Waals surface area contributed by atoms with Crippen molar-refractivity contribution in [2.75, 3.05) is 0 Å². The van der Waals surface area contributed by atoms with E-state index in [9.17, 15) is 0 Å². The Morgan fingerprint density at radius 1 is 0.588 bits per heavy atom. The summed E-state index contributed by atoms with van der Waals surface area (Å²) < 4.78 is 17.4. The fourth-order valence-corrected chi connectivity index (χ4v) is 10.8. The minimum atomic E-state index is -0.0596. The Bertz CT molecular complexity index is 3540. The monoisotopic (exact) mass is 652 g/mol. The van der Waals surface area contributed by atoms with Gasteiger partial charge in [0, 0.05) is 38.5 Å². The Hall–Kier alpha value is -6.14. The van der Waals surface area contributed by atoms with Crippen LogP contribution in [0.1, 0.15) is 31.9 Å². The maximum atomic E-state index is 7.09. The van der Waals surface area contributed by atoms with E-state index in [4.69, 9.17) is 4.42 Å². The van der Waals surface area contributed by atoms with Crippen LogP contribution in [0.15, 0.2) is 108 Å². The van der Waals surface area contributed by atoms with E-state index < -0.39 is 0 Å². The van der Waals surface area contributed by atoms with Crippen molar-refractivity contribution >= 4 is 100 Å². The van der Waals surface area contributed by atoms with Gasteiger partial charge in [0.25, 0.3) is 6.71 Å². The number of hydrogen-bond acceptors (Lipinski definition) is 1. The van der Waals surface area contributed by atoms with Crippen molar-refractivity contribution < 1.29 is 4.42 Å². The van der Waals surface area contributed by atoms with Crippen molar-refractivity contribution in [3.05, 3.63) is 114 Å². The van der Waals surface area contributed by atoms with Gasteiger partial charge < -0.3 is 4.42 Å². The number of furan rings is 1. The first-order valence-electron chi connectivity index (χ1n) is 18.1. The fourth-order valence-electron chi connectivity index (χ4n) is 10.8. The first-order chi connectivity index (χ1) is 24.9. The van der Waals surface area contributed by atoms with E-state index in [1.807, 2.05) is 0 Å². The summed E-state index contributed by atoms with van der Waals surface area (Å²) in [4.78, 5) is 0. The molecule has 6 aromatic carbocycles. The second-order valence-electron chi connectivity index (χ2n) is 16.1. The minimum Gasteiger partial charge on any atom is -0.454 e. The zero-order valence-corrected chi connectivity index (χ0v) is 28.6. The van der Waals surface area contributed by atoms with Crippen LogP contribution in [-0.2, 0) is 5.41 Å². The molecule has 0 spiro atoms. The van der Waals surface area contributed by atoms with Crippen molar-refractivity contribution in [2.45, 2.75) is 33.1 Å². The average molecular weight is 653 g/mol. The molecule has 0 amide bonds. The number of fused-ring (bicyclic) bond motifs is 17. The molecule has 14 rings (SSSR count).